The summed E-state index contributed by atoms with van der Waals surface area (Å²) in [7, 11) is -3.06. The molecular weight excluding hydrogens is 245 g/mol. The predicted molar refractivity (Wildman–Crippen MR) is 61.8 cm³/mol. The summed E-state index contributed by atoms with van der Waals surface area (Å²) in [6.07, 6.45) is 0.357. The third-order valence-electron chi connectivity index (χ3n) is 2.71. The highest BCUT2D eigenvalue weighted by Gasteiger charge is 2.32. The summed E-state index contributed by atoms with van der Waals surface area (Å²) in [5.41, 5.74) is 0.473. The molecule has 92 valence electrons. The van der Waals surface area contributed by atoms with Gasteiger partial charge >= 0.3 is 0 Å². The Morgan fingerprint density at radius 2 is 1.94 bits per heavy atom. The standard InChI is InChI=1S/C11H12FNO3S/c12-9-1-3-10(4-2-9)13-11(14)8-5-6-17(15,16)7-8/h1-4,8H,5-7H2,(H,13,14). The van der Waals surface area contributed by atoms with Crippen molar-refractivity contribution >= 4 is 21.4 Å². The first-order valence-electron chi connectivity index (χ1n) is 5.23. The highest BCUT2D eigenvalue weighted by Crippen LogP contribution is 2.20. The smallest absolute Gasteiger partial charge is 0.228 e. The van der Waals surface area contributed by atoms with Crippen molar-refractivity contribution in [1.82, 2.24) is 0 Å². The van der Waals surface area contributed by atoms with Gasteiger partial charge in [-0.15, -0.1) is 0 Å². The maximum atomic E-state index is 12.6. The van der Waals surface area contributed by atoms with Crippen LogP contribution in [0.3, 0.4) is 0 Å². The van der Waals surface area contributed by atoms with Crippen LogP contribution in [0.1, 0.15) is 6.42 Å². The number of rotatable bonds is 2. The van der Waals surface area contributed by atoms with Crippen LogP contribution in [0.2, 0.25) is 0 Å². The van der Waals surface area contributed by atoms with Crippen LogP contribution >= 0.6 is 0 Å². The van der Waals surface area contributed by atoms with E-state index in [-0.39, 0.29) is 23.2 Å². The summed E-state index contributed by atoms with van der Waals surface area (Å²) in [6, 6.07) is 5.36. The zero-order valence-corrected chi connectivity index (χ0v) is 9.84. The molecule has 1 amide bonds. The number of carbonyl (C=O) groups excluding carboxylic acids is 1. The fourth-order valence-electron chi connectivity index (χ4n) is 1.78. The van der Waals surface area contributed by atoms with Gasteiger partial charge in [-0.2, -0.15) is 0 Å². The Kier molecular flexibility index (Phi) is 3.15. The van der Waals surface area contributed by atoms with Gasteiger partial charge in [-0.25, -0.2) is 12.8 Å². The van der Waals surface area contributed by atoms with Crippen molar-refractivity contribution in [3.63, 3.8) is 0 Å². The van der Waals surface area contributed by atoms with E-state index in [0.29, 0.717) is 12.1 Å². The topological polar surface area (TPSA) is 63.2 Å². The number of hydrogen-bond donors (Lipinski definition) is 1. The molecule has 1 fully saturated rings. The van der Waals surface area contributed by atoms with Gasteiger partial charge in [0.15, 0.2) is 9.84 Å². The summed E-state index contributed by atoms with van der Waals surface area (Å²) in [6.45, 7) is 0. The number of benzene rings is 1. The minimum Gasteiger partial charge on any atom is -0.326 e. The molecule has 0 radical (unpaired) electrons. The second-order valence-electron chi connectivity index (χ2n) is 4.10. The molecule has 1 unspecified atom stereocenters. The Labute approximate surface area is 98.8 Å². The van der Waals surface area contributed by atoms with E-state index >= 15 is 0 Å². The Morgan fingerprint density at radius 1 is 1.29 bits per heavy atom. The lowest BCUT2D eigenvalue weighted by Gasteiger charge is -2.09. The molecule has 1 heterocycles. The Bertz CT molecular complexity index is 524. The average molecular weight is 257 g/mol. The van der Waals surface area contributed by atoms with E-state index in [2.05, 4.69) is 5.32 Å². The van der Waals surface area contributed by atoms with E-state index in [1.807, 2.05) is 0 Å². The Hall–Kier alpha value is -1.43. The van der Waals surface area contributed by atoms with Crippen LogP contribution in [0.5, 0.6) is 0 Å². The molecule has 0 spiro atoms. The lowest BCUT2D eigenvalue weighted by molar-refractivity contribution is -0.119. The van der Waals surface area contributed by atoms with E-state index in [9.17, 15) is 17.6 Å². The Balaban J connectivity index is 2.01. The quantitative estimate of drug-likeness (QED) is 0.865. The molecule has 4 nitrogen and oxygen atoms in total. The molecule has 1 saturated heterocycles. The summed E-state index contributed by atoms with van der Waals surface area (Å²) in [4.78, 5) is 11.7. The first-order chi connectivity index (χ1) is 7.96. The minimum absolute atomic E-state index is 0.0640. The fourth-order valence-corrected chi connectivity index (χ4v) is 3.52. The lowest BCUT2D eigenvalue weighted by Crippen LogP contribution is -2.23. The molecule has 1 aliphatic heterocycles. The van der Waals surface area contributed by atoms with Gasteiger partial charge in [0.05, 0.1) is 17.4 Å². The number of halogens is 1. The third kappa shape index (κ3) is 3.03. The number of sulfone groups is 1. The van der Waals surface area contributed by atoms with Crippen molar-refractivity contribution < 1.29 is 17.6 Å². The molecule has 1 aliphatic rings. The average Bonchev–Trinajstić information content (AvgIpc) is 2.62. The van der Waals surface area contributed by atoms with Crippen molar-refractivity contribution in [2.24, 2.45) is 5.92 Å². The summed E-state index contributed by atoms with van der Waals surface area (Å²) in [5, 5.41) is 2.58. The molecular formula is C11H12FNO3S. The molecule has 0 aromatic heterocycles. The van der Waals surface area contributed by atoms with Gasteiger partial charge in [0.2, 0.25) is 5.91 Å². The normalized spacial score (nSPS) is 22.3. The number of amides is 1. The highest BCUT2D eigenvalue weighted by atomic mass is 32.2. The number of nitrogens with one attached hydrogen (secondary N) is 1. The number of carbonyl (C=O) groups is 1. The molecule has 1 aromatic carbocycles. The molecule has 0 bridgehead atoms. The van der Waals surface area contributed by atoms with Gasteiger partial charge in [-0.3, -0.25) is 4.79 Å². The first-order valence-corrected chi connectivity index (χ1v) is 7.05. The van der Waals surface area contributed by atoms with E-state index in [1.54, 1.807) is 0 Å². The second-order valence-corrected chi connectivity index (χ2v) is 6.32. The Morgan fingerprint density at radius 3 is 2.47 bits per heavy atom. The molecule has 1 atom stereocenters. The van der Waals surface area contributed by atoms with Gasteiger partial charge in [0.1, 0.15) is 5.82 Å². The lowest BCUT2D eigenvalue weighted by atomic mass is 10.1. The SMILES string of the molecule is O=C(Nc1ccc(F)cc1)C1CCS(=O)(=O)C1. The van der Waals surface area contributed by atoms with Gasteiger partial charge in [-0.1, -0.05) is 0 Å². The summed E-state index contributed by atoms with van der Waals surface area (Å²) in [5.74, 6) is -1.23. The maximum absolute atomic E-state index is 12.6. The zero-order valence-electron chi connectivity index (χ0n) is 9.02. The molecule has 6 heteroatoms. The van der Waals surface area contributed by atoms with Gasteiger partial charge in [0.25, 0.3) is 0 Å². The largest absolute Gasteiger partial charge is 0.326 e. The monoisotopic (exact) mass is 257 g/mol. The van der Waals surface area contributed by atoms with Crippen LogP contribution in [0.4, 0.5) is 10.1 Å². The van der Waals surface area contributed by atoms with Crippen LogP contribution in [-0.2, 0) is 14.6 Å². The molecule has 0 aliphatic carbocycles. The number of hydrogen-bond acceptors (Lipinski definition) is 3. The van der Waals surface area contributed by atoms with Crippen molar-refractivity contribution in [2.45, 2.75) is 6.42 Å². The molecule has 0 saturated carbocycles. The molecule has 2 rings (SSSR count). The van der Waals surface area contributed by atoms with Gasteiger partial charge in [-0.05, 0) is 30.7 Å². The first kappa shape index (κ1) is 12.0. The van der Waals surface area contributed by atoms with E-state index in [1.165, 1.54) is 24.3 Å². The minimum atomic E-state index is -3.06. The van der Waals surface area contributed by atoms with Crippen molar-refractivity contribution in [2.75, 3.05) is 16.8 Å². The van der Waals surface area contributed by atoms with Crippen LogP contribution in [0.15, 0.2) is 24.3 Å². The summed E-state index contributed by atoms with van der Waals surface area (Å²) >= 11 is 0. The van der Waals surface area contributed by atoms with Gasteiger partial charge in [0, 0.05) is 5.69 Å². The zero-order chi connectivity index (χ0) is 12.5. The van der Waals surface area contributed by atoms with E-state index < -0.39 is 15.8 Å². The van der Waals surface area contributed by atoms with Crippen LogP contribution in [0.25, 0.3) is 0 Å². The van der Waals surface area contributed by atoms with Crippen LogP contribution in [-0.4, -0.2) is 25.8 Å². The van der Waals surface area contributed by atoms with E-state index in [4.69, 9.17) is 0 Å². The van der Waals surface area contributed by atoms with Crippen molar-refractivity contribution in [1.29, 1.82) is 0 Å². The second kappa shape index (κ2) is 4.44. The highest BCUT2D eigenvalue weighted by molar-refractivity contribution is 7.91. The van der Waals surface area contributed by atoms with Crippen molar-refractivity contribution in [3.8, 4) is 0 Å². The van der Waals surface area contributed by atoms with Crippen LogP contribution < -0.4 is 5.32 Å². The third-order valence-corrected chi connectivity index (χ3v) is 4.48. The maximum Gasteiger partial charge on any atom is 0.228 e. The van der Waals surface area contributed by atoms with Gasteiger partial charge < -0.3 is 5.32 Å². The molecule has 17 heavy (non-hydrogen) atoms. The van der Waals surface area contributed by atoms with E-state index in [0.717, 1.165) is 0 Å². The van der Waals surface area contributed by atoms with Crippen molar-refractivity contribution in [3.05, 3.63) is 30.1 Å². The number of anilines is 1. The summed E-state index contributed by atoms with van der Waals surface area (Å²) < 4.78 is 35.1. The van der Waals surface area contributed by atoms with Crippen LogP contribution in [0, 0.1) is 11.7 Å². The molecule has 1 N–H and O–H groups in total. The predicted octanol–water partition coefficient (Wildman–Crippen LogP) is 1.20. The fraction of sp³-hybridized carbons (Fsp3) is 0.364. The molecule has 1 aromatic rings.